The third-order valence-electron chi connectivity index (χ3n) is 2.12. The molecule has 0 radical (unpaired) electrons. The summed E-state index contributed by atoms with van der Waals surface area (Å²) in [5.41, 5.74) is 2.47. The molecule has 1 aromatic rings. The summed E-state index contributed by atoms with van der Waals surface area (Å²) in [5.74, 6) is 0. The van der Waals surface area contributed by atoms with Gasteiger partial charge in [0.1, 0.15) is 0 Å². The smallest absolute Gasteiger partial charge is 0.0348 e. The van der Waals surface area contributed by atoms with Crippen LogP contribution in [0.15, 0.2) is 31.4 Å². The molecule has 0 N–H and O–H groups in total. The molecule has 0 aromatic carbocycles. The monoisotopic (exact) mass is 216 g/mol. The molecule has 0 spiro atoms. The van der Waals surface area contributed by atoms with E-state index < -0.39 is 0 Å². The fourth-order valence-electron chi connectivity index (χ4n) is 1.45. The zero-order valence-electron chi connectivity index (χ0n) is 9.29. The summed E-state index contributed by atoms with van der Waals surface area (Å²) in [6.07, 6.45) is 11.9. The van der Waals surface area contributed by atoms with Gasteiger partial charge < -0.3 is 0 Å². The number of rotatable bonds is 4. The van der Waals surface area contributed by atoms with Crippen LogP contribution in [0.25, 0.3) is 18.2 Å². The zero-order valence-corrected chi connectivity index (χ0v) is 10.1. The van der Waals surface area contributed by atoms with Crippen LogP contribution in [0.3, 0.4) is 0 Å². The van der Waals surface area contributed by atoms with Crippen LogP contribution in [-0.4, -0.2) is 0 Å². The van der Waals surface area contributed by atoms with E-state index in [4.69, 9.17) is 0 Å². The number of hydrogen-bond donors (Lipinski definition) is 0. The van der Waals surface area contributed by atoms with E-state index in [-0.39, 0.29) is 0 Å². The number of thiophene rings is 1. The van der Waals surface area contributed by atoms with Crippen LogP contribution >= 0.6 is 11.3 Å². The second kappa shape index (κ2) is 5.52. The van der Waals surface area contributed by atoms with E-state index in [0.717, 1.165) is 0 Å². The highest BCUT2D eigenvalue weighted by Crippen LogP contribution is 2.31. The Labute approximate surface area is 96.0 Å². The largest absolute Gasteiger partial charge is 0.140 e. The Bertz CT molecular complexity index is 417. The molecule has 1 heteroatoms. The lowest BCUT2D eigenvalue weighted by atomic mass is 10.1. The summed E-state index contributed by atoms with van der Waals surface area (Å²) in [4.78, 5) is 2.59. The van der Waals surface area contributed by atoms with Gasteiger partial charge in [0.05, 0.1) is 0 Å². The minimum atomic E-state index is 1.22. The first-order valence-corrected chi connectivity index (χ1v) is 5.73. The zero-order chi connectivity index (χ0) is 11.3. The van der Waals surface area contributed by atoms with Crippen LogP contribution in [-0.2, 0) is 0 Å². The summed E-state index contributed by atoms with van der Waals surface area (Å²) in [6.45, 7) is 11.7. The predicted molar refractivity (Wildman–Crippen MR) is 73.1 cm³/mol. The Hall–Kier alpha value is -1.34. The van der Waals surface area contributed by atoms with E-state index in [0.29, 0.717) is 0 Å². The Morgan fingerprint density at radius 1 is 1.13 bits per heavy atom. The van der Waals surface area contributed by atoms with E-state index in [9.17, 15) is 0 Å². The molecular formula is C14H16S. The Kier molecular flexibility index (Phi) is 4.32. The lowest BCUT2D eigenvalue weighted by molar-refractivity contribution is 1.58. The van der Waals surface area contributed by atoms with Gasteiger partial charge in [-0.3, -0.25) is 0 Å². The molecule has 0 saturated carbocycles. The van der Waals surface area contributed by atoms with Crippen LogP contribution < -0.4 is 0 Å². The fraction of sp³-hybridized carbons (Fsp3) is 0.143. The van der Waals surface area contributed by atoms with Gasteiger partial charge in [-0.1, -0.05) is 43.5 Å². The van der Waals surface area contributed by atoms with E-state index in [1.807, 2.05) is 19.1 Å². The quantitative estimate of drug-likeness (QED) is 0.626. The summed E-state index contributed by atoms with van der Waals surface area (Å²) >= 11 is 1.80. The van der Waals surface area contributed by atoms with Crippen LogP contribution in [0.4, 0.5) is 0 Å². The molecule has 1 aromatic heterocycles. The summed E-state index contributed by atoms with van der Waals surface area (Å²) in [5, 5.41) is 0. The van der Waals surface area contributed by atoms with Crippen molar-refractivity contribution in [3.05, 3.63) is 52.3 Å². The first-order valence-electron chi connectivity index (χ1n) is 4.92. The molecule has 0 atom stereocenters. The fourth-order valence-corrected chi connectivity index (χ4v) is 2.58. The van der Waals surface area contributed by atoms with E-state index in [2.05, 4.69) is 38.3 Å². The molecule has 78 valence electrons. The first-order chi connectivity index (χ1) is 7.24. The van der Waals surface area contributed by atoms with Gasteiger partial charge in [-0.05, 0) is 31.1 Å². The number of hydrogen-bond acceptors (Lipinski definition) is 1. The molecule has 15 heavy (non-hydrogen) atoms. The Morgan fingerprint density at radius 2 is 1.87 bits per heavy atom. The molecule has 1 rings (SSSR count). The molecule has 0 saturated heterocycles. The van der Waals surface area contributed by atoms with Gasteiger partial charge in [0.2, 0.25) is 0 Å². The minimum absolute atomic E-state index is 1.22. The normalized spacial score (nSPS) is 11.3. The maximum absolute atomic E-state index is 3.87. The highest BCUT2D eigenvalue weighted by atomic mass is 32.1. The van der Waals surface area contributed by atoms with Gasteiger partial charge >= 0.3 is 0 Å². The topological polar surface area (TPSA) is 0 Å². The molecular weight excluding hydrogens is 200 g/mol. The third kappa shape index (κ3) is 2.57. The van der Waals surface area contributed by atoms with Crippen LogP contribution in [0.5, 0.6) is 0 Å². The van der Waals surface area contributed by atoms with Crippen molar-refractivity contribution in [1.82, 2.24) is 0 Å². The van der Waals surface area contributed by atoms with E-state index in [1.54, 1.807) is 17.4 Å². The average molecular weight is 216 g/mol. The Morgan fingerprint density at radius 3 is 2.40 bits per heavy atom. The van der Waals surface area contributed by atoms with Crippen molar-refractivity contribution in [2.75, 3.05) is 0 Å². The predicted octanol–water partition coefficient (Wildman–Crippen LogP) is 4.93. The number of aryl methyl sites for hydroxylation is 1. The van der Waals surface area contributed by atoms with Crippen molar-refractivity contribution in [2.45, 2.75) is 13.8 Å². The second-order valence-corrected chi connectivity index (χ2v) is 4.41. The summed E-state index contributed by atoms with van der Waals surface area (Å²) < 4.78 is 0. The molecule has 0 amide bonds. The Balaban J connectivity index is 3.30. The SMILES string of the molecule is C=C/C=C\c1c(C)sc(/C=C\C)c1C=C. The van der Waals surface area contributed by atoms with Gasteiger partial charge in [-0.25, -0.2) is 0 Å². The minimum Gasteiger partial charge on any atom is -0.140 e. The highest BCUT2D eigenvalue weighted by molar-refractivity contribution is 7.13. The maximum atomic E-state index is 3.87. The summed E-state index contributed by atoms with van der Waals surface area (Å²) in [6, 6.07) is 0. The van der Waals surface area contributed by atoms with Gasteiger partial charge in [0, 0.05) is 9.75 Å². The molecule has 0 aliphatic rings. The van der Waals surface area contributed by atoms with Crippen LogP contribution in [0.2, 0.25) is 0 Å². The van der Waals surface area contributed by atoms with Crippen LogP contribution in [0, 0.1) is 6.92 Å². The van der Waals surface area contributed by atoms with Crippen molar-refractivity contribution in [2.24, 2.45) is 0 Å². The van der Waals surface area contributed by atoms with Gasteiger partial charge in [0.25, 0.3) is 0 Å². The lowest BCUT2D eigenvalue weighted by Gasteiger charge is -1.95. The molecule has 0 aliphatic heterocycles. The maximum Gasteiger partial charge on any atom is 0.0348 e. The average Bonchev–Trinajstić information content (AvgIpc) is 2.52. The van der Waals surface area contributed by atoms with Crippen LogP contribution in [0.1, 0.15) is 27.8 Å². The van der Waals surface area contributed by atoms with Crippen molar-refractivity contribution in [3.8, 4) is 0 Å². The van der Waals surface area contributed by atoms with Gasteiger partial charge in [0.15, 0.2) is 0 Å². The van der Waals surface area contributed by atoms with Gasteiger partial charge in [-0.15, -0.1) is 11.3 Å². The highest BCUT2D eigenvalue weighted by Gasteiger charge is 2.08. The number of allylic oxidation sites excluding steroid dienone is 3. The van der Waals surface area contributed by atoms with Crippen molar-refractivity contribution >= 4 is 29.6 Å². The lowest BCUT2D eigenvalue weighted by Crippen LogP contribution is -1.77. The molecule has 0 bridgehead atoms. The van der Waals surface area contributed by atoms with Gasteiger partial charge in [-0.2, -0.15) is 0 Å². The molecule has 0 nitrogen and oxygen atoms in total. The molecule has 0 fully saturated rings. The van der Waals surface area contributed by atoms with E-state index in [1.165, 1.54) is 20.9 Å². The summed E-state index contributed by atoms with van der Waals surface area (Å²) in [7, 11) is 0. The van der Waals surface area contributed by atoms with Crippen molar-refractivity contribution in [3.63, 3.8) is 0 Å². The first kappa shape index (κ1) is 11.7. The third-order valence-corrected chi connectivity index (χ3v) is 3.22. The van der Waals surface area contributed by atoms with E-state index >= 15 is 0 Å². The standard InChI is InChI=1S/C14H16S/c1-5-8-10-13-11(4)15-14(9-6-2)12(13)7-3/h5-10H,1,3H2,2,4H3/b9-6-,10-8-. The molecule has 1 heterocycles. The van der Waals surface area contributed by atoms with Crippen molar-refractivity contribution < 1.29 is 0 Å². The molecule has 0 aliphatic carbocycles. The van der Waals surface area contributed by atoms with Crippen molar-refractivity contribution in [1.29, 1.82) is 0 Å². The second-order valence-electron chi connectivity index (χ2n) is 3.15. The molecule has 0 unspecified atom stereocenters.